The van der Waals surface area contributed by atoms with Crippen molar-refractivity contribution in [2.45, 2.75) is 19.9 Å². The summed E-state index contributed by atoms with van der Waals surface area (Å²) in [4.78, 5) is 14.4. The van der Waals surface area contributed by atoms with Crippen molar-refractivity contribution in [2.75, 3.05) is 40.5 Å². The first-order valence-electron chi connectivity index (χ1n) is 9.62. The Hall–Kier alpha value is -2.44. The molecular weight excluding hydrogens is 392 g/mol. The summed E-state index contributed by atoms with van der Waals surface area (Å²) in [6, 6.07) is 9.45. The van der Waals surface area contributed by atoms with Gasteiger partial charge < -0.3 is 19.5 Å². The lowest BCUT2D eigenvalue weighted by atomic mass is 9.99. The molecule has 156 valence electrons. The van der Waals surface area contributed by atoms with Gasteiger partial charge in [-0.15, -0.1) is 0 Å². The lowest BCUT2D eigenvalue weighted by Crippen LogP contribution is -2.39. The van der Waals surface area contributed by atoms with Crippen LogP contribution in [0.25, 0.3) is 0 Å². The van der Waals surface area contributed by atoms with Crippen molar-refractivity contribution >= 4 is 17.5 Å². The second-order valence-corrected chi connectivity index (χ2v) is 7.46. The topological polar surface area (TPSA) is 60.0 Å². The van der Waals surface area contributed by atoms with E-state index in [4.69, 9.17) is 25.8 Å². The highest BCUT2D eigenvalue weighted by Crippen LogP contribution is 2.33. The Labute approximate surface area is 176 Å². The molecule has 1 aliphatic rings. The standard InChI is InChI=1S/C22H27ClN2O4/c1-15-10-18(4-5-19(15)23)29-14-22(26)24-7-9-25-8-6-16-11-20(27-2)21(28-3)12-17(16)13-25/h4-5,10-12H,6-9,13-14H2,1-3H3,(H,24,26). The number of halogens is 1. The zero-order chi connectivity index (χ0) is 20.8. The van der Waals surface area contributed by atoms with Crippen molar-refractivity contribution in [3.8, 4) is 17.2 Å². The molecule has 1 aliphatic heterocycles. The molecule has 2 aromatic carbocycles. The van der Waals surface area contributed by atoms with Gasteiger partial charge >= 0.3 is 0 Å². The van der Waals surface area contributed by atoms with Crippen LogP contribution in [0.3, 0.4) is 0 Å². The Balaban J connectivity index is 1.44. The third kappa shape index (κ3) is 5.55. The smallest absolute Gasteiger partial charge is 0.257 e. The van der Waals surface area contributed by atoms with Crippen LogP contribution in [-0.4, -0.2) is 51.3 Å². The molecule has 0 aliphatic carbocycles. The van der Waals surface area contributed by atoms with Crippen LogP contribution >= 0.6 is 11.6 Å². The van der Waals surface area contributed by atoms with Gasteiger partial charge in [-0.05, 0) is 60.4 Å². The number of rotatable bonds is 8. The van der Waals surface area contributed by atoms with Crippen LogP contribution in [0.2, 0.25) is 5.02 Å². The molecule has 0 saturated heterocycles. The van der Waals surface area contributed by atoms with Gasteiger partial charge in [-0.2, -0.15) is 0 Å². The second-order valence-electron chi connectivity index (χ2n) is 7.05. The number of benzene rings is 2. The van der Waals surface area contributed by atoms with Gasteiger partial charge in [0.2, 0.25) is 0 Å². The van der Waals surface area contributed by atoms with Gasteiger partial charge in [-0.3, -0.25) is 9.69 Å². The molecule has 2 aromatic rings. The third-order valence-electron chi connectivity index (χ3n) is 5.05. The normalized spacial score (nSPS) is 13.5. The van der Waals surface area contributed by atoms with Crippen LogP contribution in [-0.2, 0) is 17.8 Å². The number of aryl methyl sites for hydroxylation is 1. The Morgan fingerprint density at radius 2 is 1.86 bits per heavy atom. The molecule has 0 bridgehead atoms. The van der Waals surface area contributed by atoms with Crippen molar-refractivity contribution < 1.29 is 19.0 Å². The average Bonchev–Trinajstić information content (AvgIpc) is 2.73. The number of amides is 1. The summed E-state index contributed by atoms with van der Waals surface area (Å²) in [6.07, 6.45) is 0.947. The van der Waals surface area contributed by atoms with Gasteiger partial charge in [0.05, 0.1) is 14.2 Å². The molecule has 0 aromatic heterocycles. The van der Waals surface area contributed by atoms with Crippen LogP contribution in [0.1, 0.15) is 16.7 Å². The SMILES string of the molecule is COc1cc2c(cc1OC)CN(CCNC(=O)COc1ccc(Cl)c(C)c1)CC2. The lowest BCUT2D eigenvalue weighted by Gasteiger charge is -2.29. The number of nitrogens with zero attached hydrogens (tertiary/aromatic N) is 1. The molecular formula is C22H27ClN2O4. The minimum atomic E-state index is -0.138. The number of methoxy groups -OCH3 is 2. The number of ether oxygens (including phenoxy) is 3. The molecule has 1 amide bonds. The Bertz CT molecular complexity index is 872. The zero-order valence-corrected chi connectivity index (χ0v) is 17.8. The predicted molar refractivity (Wildman–Crippen MR) is 113 cm³/mol. The number of hydrogen-bond acceptors (Lipinski definition) is 5. The number of nitrogens with one attached hydrogen (secondary N) is 1. The maximum atomic E-state index is 12.1. The monoisotopic (exact) mass is 418 g/mol. The van der Waals surface area contributed by atoms with E-state index in [1.54, 1.807) is 26.4 Å². The molecule has 0 spiro atoms. The molecule has 0 unspecified atom stereocenters. The van der Waals surface area contributed by atoms with Crippen LogP contribution < -0.4 is 19.5 Å². The van der Waals surface area contributed by atoms with E-state index in [-0.39, 0.29) is 12.5 Å². The largest absolute Gasteiger partial charge is 0.493 e. The van der Waals surface area contributed by atoms with E-state index in [1.807, 2.05) is 19.1 Å². The van der Waals surface area contributed by atoms with Crippen LogP contribution in [0.4, 0.5) is 0 Å². The Morgan fingerprint density at radius 1 is 1.14 bits per heavy atom. The third-order valence-corrected chi connectivity index (χ3v) is 5.47. The molecule has 0 saturated carbocycles. The summed E-state index contributed by atoms with van der Waals surface area (Å²) in [6.45, 7) is 5.01. The van der Waals surface area contributed by atoms with Gasteiger partial charge in [0.25, 0.3) is 5.91 Å². The fourth-order valence-electron chi connectivity index (χ4n) is 3.39. The highest BCUT2D eigenvalue weighted by Gasteiger charge is 2.19. The highest BCUT2D eigenvalue weighted by molar-refractivity contribution is 6.31. The fraction of sp³-hybridized carbons (Fsp3) is 0.409. The van der Waals surface area contributed by atoms with Crippen LogP contribution in [0.5, 0.6) is 17.2 Å². The highest BCUT2D eigenvalue weighted by atomic mass is 35.5. The molecule has 6 nitrogen and oxygen atoms in total. The Kier molecular flexibility index (Phi) is 7.23. The zero-order valence-electron chi connectivity index (χ0n) is 17.1. The first-order chi connectivity index (χ1) is 14.0. The summed E-state index contributed by atoms with van der Waals surface area (Å²) in [7, 11) is 3.30. The number of fused-ring (bicyclic) bond motifs is 1. The quantitative estimate of drug-likeness (QED) is 0.713. The van der Waals surface area contributed by atoms with Crippen LogP contribution in [0, 0.1) is 6.92 Å². The van der Waals surface area contributed by atoms with Crippen LogP contribution in [0.15, 0.2) is 30.3 Å². The Morgan fingerprint density at radius 3 is 2.55 bits per heavy atom. The summed E-state index contributed by atoms with van der Waals surface area (Å²) in [5, 5.41) is 3.60. The summed E-state index contributed by atoms with van der Waals surface area (Å²) in [5.74, 6) is 2.01. The summed E-state index contributed by atoms with van der Waals surface area (Å²) >= 11 is 6.00. The molecule has 29 heavy (non-hydrogen) atoms. The number of carbonyl (C=O) groups excluding carboxylic acids is 1. The minimum absolute atomic E-state index is 0.0130. The fourth-order valence-corrected chi connectivity index (χ4v) is 3.51. The summed E-state index contributed by atoms with van der Waals surface area (Å²) in [5.41, 5.74) is 3.44. The van der Waals surface area contributed by atoms with Gasteiger partial charge in [0.15, 0.2) is 18.1 Å². The van der Waals surface area contributed by atoms with Crippen molar-refractivity contribution in [1.82, 2.24) is 10.2 Å². The molecule has 1 N–H and O–H groups in total. The molecule has 3 rings (SSSR count). The number of hydrogen-bond donors (Lipinski definition) is 1. The first-order valence-corrected chi connectivity index (χ1v) is 9.99. The predicted octanol–water partition coefficient (Wildman–Crippen LogP) is 3.22. The van der Waals surface area contributed by atoms with Gasteiger partial charge in [-0.25, -0.2) is 0 Å². The van der Waals surface area contributed by atoms with E-state index in [2.05, 4.69) is 16.3 Å². The van der Waals surface area contributed by atoms with Gasteiger partial charge in [-0.1, -0.05) is 11.6 Å². The van der Waals surface area contributed by atoms with E-state index >= 15 is 0 Å². The minimum Gasteiger partial charge on any atom is -0.493 e. The second kappa shape index (κ2) is 9.85. The van der Waals surface area contributed by atoms with E-state index in [9.17, 15) is 4.79 Å². The first kappa shape index (κ1) is 21.3. The molecule has 7 heteroatoms. The van der Waals surface area contributed by atoms with Crippen molar-refractivity contribution in [1.29, 1.82) is 0 Å². The van der Waals surface area contributed by atoms with E-state index in [0.29, 0.717) is 17.3 Å². The van der Waals surface area contributed by atoms with Crippen molar-refractivity contribution in [3.63, 3.8) is 0 Å². The van der Waals surface area contributed by atoms with Crippen molar-refractivity contribution in [2.24, 2.45) is 0 Å². The lowest BCUT2D eigenvalue weighted by molar-refractivity contribution is -0.123. The molecule has 1 heterocycles. The maximum Gasteiger partial charge on any atom is 0.257 e. The molecule has 0 radical (unpaired) electrons. The molecule has 0 atom stereocenters. The molecule has 0 fully saturated rings. The maximum absolute atomic E-state index is 12.1. The van der Waals surface area contributed by atoms with Gasteiger partial charge in [0.1, 0.15) is 5.75 Å². The summed E-state index contributed by atoms with van der Waals surface area (Å²) < 4.78 is 16.3. The number of carbonyl (C=O) groups is 1. The van der Waals surface area contributed by atoms with Gasteiger partial charge in [0, 0.05) is 31.2 Å². The van der Waals surface area contributed by atoms with E-state index < -0.39 is 0 Å². The van der Waals surface area contributed by atoms with E-state index in [1.165, 1.54) is 11.1 Å². The average molecular weight is 419 g/mol. The van der Waals surface area contributed by atoms with E-state index in [0.717, 1.165) is 43.1 Å². The van der Waals surface area contributed by atoms with Crippen molar-refractivity contribution in [3.05, 3.63) is 52.0 Å².